The van der Waals surface area contributed by atoms with Gasteiger partial charge in [0, 0.05) is 30.9 Å². The zero-order valence-corrected chi connectivity index (χ0v) is 14.3. The number of aryl methyl sites for hydroxylation is 1. The van der Waals surface area contributed by atoms with E-state index in [2.05, 4.69) is 32.7 Å². The lowest BCUT2D eigenvalue weighted by Gasteiger charge is -2.22. The van der Waals surface area contributed by atoms with Crippen LogP contribution < -0.4 is 16.2 Å². The number of anilines is 1. The SMILES string of the molecule is Cc1cc(NC(=O)N[C@@H](C)CN(C)Cc2ccccc2)c[nH]c1=O. The number of pyridine rings is 1. The molecular formula is C18H24N4O2. The van der Waals surface area contributed by atoms with Crippen LogP contribution in [0.25, 0.3) is 0 Å². The van der Waals surface area contributed by atoms with Crippen LogP contribution >= 0.6 is 0 Å². The van der Waals surface area contributed by atoms with Gasteiger partial charge in [-0.05, 0) is 32.5 Å². The number of nitrogens with zero attached hydrogens (tertiary/aromatic N) is 1. The molecule has 0 bridgehead atoms. The zero-order valence-electron chi connectivity index (χ0n) is 14.3. The third-order valence-corrected chi connectivity index (χ3v) is 3.61. The van der Waals surface area contributed by atoms with Crippen LogP contribution in [0.1, 0.15) is 18.1 Å². The number of carbonyl (C=O) groups excluding carboxylic acids is 1. The molecule has 6 heteroatoms. The second-order valence-electron chi connectivity index (χ2n) is 6.08. The molecule has 0 fully saturated rings. The Morgan fingerprint density at radius 2 is 2.00 bits per heavy atom. The Hall–Kier alpha value is -2.60. The lowest BCUT2D eigenvalue weighted by molar-refractivity contribution is 0.241. The molecule has 1 atom stereocenters. The van der Waals surface area contributed by atoms with Crippen molar-refractivity contribution in [2.75, 3.05) is 18.9 Å². The van der Waals surface area contributed by atoms with Crippen LogP contribution in [0, 0.1) is 6.92 Å². The molecule has 1 aromatic heterocycles. The van der Waals surface area contributed by atoms with Crippen LogP contribution in [0.2, 0.25) is 0 Å². The van der Waals surface area contributed by atoms with E-state index < -0.39 is 0 Å². The van der Waals surface area contributed by atoms with Gasteiger partial charge in [-0.25, -0.2) is 4.79 Å². The van der Waals surface area contributed by atoms with Gasteiger partial charge >= 0.3 is 6.03 Å². The van der Waals surface area contributed by atoms with Crippen LogP contribution in [0.4, 0.5) is 10.5 Å². The molecule has 0 saturated heterocycles. The molecule has 6 nitrogen and oxygen atoms in total. The van der Waals surface area contributed by atoms with Gasteiger partial charge in [0.1, 0.15) is 0 Å². The number of likely N-dealkylation sites (N-methyl/N-ethyl adjacent to an activating group) is 1. The molecule has 24 heavy (non-hydrogen) atoms. The quantitative estimate of drug-likeness (QED) is 0.761. The van der Waals surface area contributed by atoms with E-state index in [4.69, 9.17) is 0 Å². The fraction of sp³-hybridized carbons (Fsp3) is 0.333. The number of urea groups is 1. The van der Waals surface area contributed by atoms with Crippen LogP contribution in [0.3, 0.4) is 0 Å². The molecule has 128 valence electrons. The van der Waals surface area contributed by atoms with Crippen molar-refractivity contribution in [2.24, 2.45) is 0 Å². The van der Waals surface area contributed by atoms with Crippen molar-refractivity contribution in [2.45, 2.75) is 26.4 Å². The highest BCUT2D eigenvalue weighted by molar-refractivity contribution is 5.89. The van der Waals surface area contributed by atoms with Crippen LogP contribution in [-0.2, 0) is 6.54 Å². The Bertz CT molecular complexity index is 727. The monoisotopic (exact) mass is 328 g/mol. The highest BCUT2D eigenvalue weighted by atomic mass is 16.2. The number of hydrogen-bond acceptors (Lipinski definition) is 3. The van der Waals surface area contributed by atoms with Crippen molar-refractivity contribution in [3.8, 4) is 0 Å². The summed E-state index contributed by atoms with van der Waals surface area (Å²) in [4.78, 5) is 28.1. The molecule has 0 unspecified atom stereocenters. The summed E-state index contributed by atoms with van der Waals surface area (Å²) in [6.07, 6.45) is 1.49. The van der Waals surface area contributed by atoms with Crippen molar-refractivity contribution in [1.29, 1.82) is 0 Å². The molecule has 0 radical (unpaired) electrons. The van der Waals surface area contributed by atoms with Gasteiger partial charge in [-0.1, -0.05) is 30.3 Å². The van der Waals surface area contributed by atoms with Crippen molar-refractivity contribution in [3.63, 3.8) is 0 Å². The first-order valence-corrected chi connectivity index (χ1v) is 7.93. The molecule has 0 saturated carbocycles. The van der Waals surface area contributed by atoms with E-state index in [-0.39, 0.29) is 17.6 Å². The molecule has 0 aliphatic heterocycles. The van der Waals surface area contributed by atoms with Gasteiger partial charge in [-0.2, -0.15) is 0 Å². The van der Waals surface area contributed by atoms with Crippen molar-refractivity contribution in [1.82, 2.24) is 15.2 Å². The molecule has 0 aliphatic rings. The third kappa shape index (κ3) is 5.55. The lowest BCUT2D eigenvalue weighted by Crippen LogP contribution is -2.42. The van der Waals surface area contributed by atoms with E-state index in [9.17, 15) is 9.59 Å². The first-order chi connectivity index (χ1) is 11.4. The molecule has 1 aromatic carbocycles. The van der Waals surface area contributed by atoms with Crippen molar-refractivity contribution >= 4 is 11.7 Å². The predicted octanol–water partition coefficient (Wildman–Crippen LogP) is 2.33. The summed E-state index contributed by atoms with van der Waals surface area (Å²) in [5.41, 5.74) is 2.20. The van der Waals surface area contributed by atoms with Gasteiger partial charge in [0.05, 0.1) is 5.69 Å². The Balaban J connectivity index is 1.80. The minimum absolute atomic E-state index is 0.0115. The smallest absolute Gasteiger partial charge is 0.319 e. The Morgan fingerprint density at radius 1 is 1.29 bits per heavy atom. The maximum atomic E-state index is 12.0. The standard InChI is InChI=1S/C18H24N4O2/c1-13-9-16(10-19-17(13)23)21-18(24)20-14(2)11-22(3)12-15-7-5-4-6-8-15/h4-10,14H,11-12H2,1-3H3,(H,19,23)(H2,20,21,24)/t14-/m0/s1. The van der Waals surface area contributed by atoms with E-state index in [1.807, 2.05) is 32.2 Å². The minimum atomic E-state index is -0.290. The minimum Gasteiger partial charge on any atom is -0.334 e. The molecule has 3 N–H and O–H groups in total. The average molecular weight is 328 g/mol. The number of aromatic amines is 1. The van der Waals surface area contributed by atoms with E-state index in [0.29, 0.717) is 11.3 Å². The van der Waals surface area contributed by atoms with Gasteiger partial charge in [-0.15, -0.1) is 0 Å². The van der Waals surface area contributed by atoms with Crippen molar-refractivity contribution in [3.05, 3.63) is 64.1 Å². The predicted molar refractivity (Wildman–Crippen MR) is 96.2 cm³/mol. The molecule has 2 amide bonds. The Morgan fingerprint density at radius 3 is 2.67 bits per heavy atom. The van der Waals surface area contributed by atoms with Crippen LogP contribution in [-0.4, -0.2) is 35.5 Å². The highest BCUT2D eigenvalue weighted by Gasteiger charge is 2.11. The normalized spacial score (nSPS) is 12.0. The number of aromatic nitrogens is 1. The van der Waals surface area contributed by atoms with E-state index >= 15 is 0 Å². The number of H-pyrrole nitrogens is 1. The second kappa shape index (κ2) is 8.31. The van der Waals surface area contributed by atoms with E-state index in [1.54, 1.807) is 13.0 Å². The number of rotatable bonds is 6. The molecule has 2 aromatic rings. The largest absolute Gasteiger partial charge is 0.334 e. The van der Waals surface area contributed by atoms with Crippen molar-refractivity contribution < 1.29 is 4.79 Å². The molecular weight excluding hydrogens is 304 g/mol. The second-order valence-corrected chi connectivity index (χ2v) is 6.08. The van der Waals surface area contributed by atoms with Crippen LogP contribution in [0.5, 0.6) is 0 Å². The van der Waals surface area contributed by atoms with Crippen LogP contribution in [0.15, 0.2) is 47.4 Å². The van der Waals surface area contributed by atoms with Gasteiger partial charge in [0.15, 0.2) is 0 Å². The number of hydrogen-bond donors (Lipinski definition) is 3. The van der Waals surface area contributed by atoms with Gasteiger partial charge in [-0.3, -0.25) is 4.79 Å². The number of benzene rings is 1. The fourth-order valence-corrected chi connectivity index (χ4v) is 2.53. The van der Waals surface area contributed by atoms with E-state index in [0.717, 1.165) is 13.1 Å². The summed E-state index contributed by atoms with van der Waals surface area (Å²) in [6, 6.07) is 11.5. The summed E-state index contributed by atoms with van der Waals surface area (Å²) in [5.74, 6) is 0. The first-order valence-electron chi connectivity index (χ1n) is 7.93. The number of carbonyl (C=O) groups is 1. The maximum Gasteiger partial charge on any atom is 0.319 e. The molecule has 0 spiro atoms. The molecule has 2 rings (SSSR count). The summed E-state index contributed by atoms with van der Waals surface area (Å²) in [6.45, 7) is 5.21. The number of amides is 2. The summed E-state index contributed by atoms with van der Waals surface area (Å²) in [7, 11) is 2.02. The number of nitrogens with one attached hydrogen (secondary N) is 3. The third-order valence-electron chi connectivity index (χ3n) is 3.61. The topological polar surface area (TPSA) is 77.2 Å². The van der Waals surface area contributed by atoms with Gasteiger partial charge in [0.2, 0.25) is 0 Å². The first kappa shape index (κ1) is 17.7. The van der Waals surface area contributed by atoms with Gasteiger partial charge in [0.25, 0.3) is 5.56 Å². The highest BCUT2D eigenvalue weighted by Crippen LogP contribution is 2.05. The Labute approximate surface area is 141 Å². The Kier molecular flexibility index (Phi) is 6.14. The average Bonchev–Trinajstić information content (AvgIpc) is 2.51. The molecule has 0 aliphatic carbocycles. The maximum absolute atomic E-state index is 12.0. The summed E-state index contributed by atoms with van der Waals surface area (Å²) >= 11 is 0. The summed E-state index contributed by atoms with van der Waals surface area (Å²) in [5, 5.41) is 5.62. The summed E-state index contributed by atoms with van der Waals surface area (Å²) < 4.78 is 0. The lowest BCUT2D eigenvalue weighted by atomic mass is 10.2. The zero-order chi connectivity index (χ0) is 17.5. The van der Waals surface area contributed by atoms with E-state index in [1.165, 1.54) is 11.8 Å². The van der Waals surface area contributed by atoms with Gasteiger partial charge < -0.3 is 20.5 Å². The molecule has 1 heterocycles. The fourth-order valence-electron chi connectivity index (χ4n) is 2.53.